The van der Waals surface area contributed by atoms with E-state index in [9.17, 15) is 9.59 Å². The van der Waals surface area contributed by atoms with Gasteiger partial charge in [0.15, 0.2) is 0 Å². The van der Waals surface area contributed by atoms with Crippen LogP contribution in [0.2, 0.25) is 0 Å². The highest BCUT2D eigenvalue weighted by Gasteiger charge is 2.44. The molecule has 2 fully saturated rings. The third-order valence-corrected chi connectivity index (χ3v) is 4.59. The molecule has 1 N–H and O–H groups in total. The maximum atomic E-state index is 12.7. The summed E-state index contributed by atoms with van der Waals surface area (Å²) in [5.41, 5.74) is -0.589. The predicted octanol–water partition coefficient (Wildman–Crippen LogP) is 2.05. The minimum atomic E-state index is -0.739. The van der Waals surface area contributed by atoms with Crippen molar-refractivity contribution < 1.29 is 19.4 Å². The summed E-state index contributed by atoms with van der Waals surface area (Å²) in [6.07, 6.45) is 5.57. The standard InChI is InChI=1S/C15H25NO4/c1-2-20-15(7-3-4-8-15)14(19)16-9-5-12(6-10-16)11-13(17)18/h12H,2-11H2,1H3,(H,17,18). The molecule has 114 valence electrons. The first kappa shape index (κ1) is 15.3. The van der Waals surface area contributed by atoms with E-state index in [-0.39, 0.29) is 18.2 Å². The van der Waals surface area contributed by atoms with E-state index in [1.165, 1.54) is 0 Å². The Morgan fingerprint density at radius 2 is 1.85 bits per heavy atom. The molecule has 1 aliphatic heterocycles. The van der Waals surface area contributed by atoms with Crippen LogP contribution in [0.15, 0.2) is 0 Å². The van der Waals surface area contributed by atoms with Crippen LogP contribution in [0.25, 0.3) is 0 Å². The number of aliphatic carboxylic acids is 1. The highest BCUT2D eigenvalue weighted by atomic mass is 16.5. The highest BCUT2D eigenvalue weighted by molar-refractivity contribution is 5.85. The maximum Gasteiger partial charge on any atom is 0.303 e. The van der Waals surface area contributed by atoms with Gasteiger partial charge >= 0.3 is 5.97 Å². The quantitative estimate of drug-likeness (QED) is 0.838. The van der Waals surface area contributed by atoms with Crippen LogP contribution in [0.1, 0.15) is 51.9 Å². The molecule has 0 aromatic carbocycles. The molecule has 0 spiro atoms. The topological polar surface area (TPSA) is 66.8 Å². The van der Waals surface area contributed by atoms with Gasteiger partial charge in [-0.15, -0.1) is 0 Å². The third kappa shape index (κ3) is 3.32. The van der Waals surface area contributed by atoms with Crippen LogP contribution < -0.4 is 0 Å². The van der Waals surface area contributed by atoms with Gasteiger partial charge in [0.25, 0.3) is 5.91 Å². The molecule has 5 nitrogen and oxygen atoms in total. The van der Waals surface area contributed by atoms with Gasteiger partial charge in [0.05, 0.1) is 0 Å². The first-order valence-electron chi connectivity index (χ1n) is 7.72. The zero-order valence-electron chi connectivity index (χ0n) is 12.3. The molecule has 5 heteroatoms. The molecule has 1 heterocycles. The van der Waals surface area contributed by atoms with Gasteiger partial charge in [0.1, 0.15) is 5.60 Å². The SMILES string of the molecule is CCOC1(C(=O)N2CCC(CC(=O)O)CC2)CCCC1. The molecule has 1 saturated carbocycles. The molecule has 2 rings (SSSR count). The number of nitrogens with zero attached hydrogens (tertiary/aromatic N) is 1. The van der Waals surface area contributed by atoms with E-state index in [2.05, 4.69) is 0 Å². The van der Waals surface area contributed by atoms with Crippen LogP contribution in [0.3, 0.4) is 0 Å². The Morgan fingerprint density at radius 1 is 1.25 bits per heavy atom. The number of piperidine rings is 1. The van der Waals surface area contributed by atoms with E-state index in [1.807, 2.05) is 11.8 Å². The molecule has 0 aromatic rings. The van der Waals surface area contributed by atoms with Crippen LogP contribution in [-0.2, 0) is 14.3 Å². The summed E-state index contributed by atoms with van der Waals surface area (Å²) in [5.74, 6) is -0.398. The highest BCUT2D eigenvalue weighted by Crippen LogP contribution is 2.36. The van der Waals surface area contributed by atoms with Crippen molar-refractivity contribution in [3.8, 4) is 0 Å². The van der Waals surface area contributed by atoms with Gasteiger partial charge in [-0.3, -0.25) is 9.59 Å². The van der Waals surface area contributed by atoms with Crippen molar-refractivity contribution in [3.63, 3.8) is 0 Å². The molecule has 0 aromatic heterocycles. The summed E-state index contributed by atoms with van der Waals surface area (Å²) in [6.45, 7) is 3.85. The lowest BCUT2D eigenvalue weighted by atomic mass is 9.91. The Kier molecular flexibility index (Phi) is 5.02. The van der Waals surface area contributed by atoms with Crippen molar-refractivity contribution in [1.82, 2.24) is 4.90 Å². The predicted molar refractivity (Wildman–Crippen MR) is 74.4 cm³/mol. The number of hydrogen-bond donors (Lipinski definition) is 1. The van der Waals surface area contributed by atoms with E-state index in [1.54, 1.807) is 0 Å². The zero-order chi connectivity index (χ0) is 14.6. The summed E-state index contributed by atoms with van der Waals surface area (Å²) in [7, 11) is 0. The minimum absolute atomic E-state index is 0.130. The fraction of sp³-hybridized carbons (Fsp3) is 0.867. The van der Waals surface area contributed by atoms with Gasteiger partial charge in [-0.2, -0.15) is 0 Å². The molecule has 0 atom stereocenters. The molecule has 1 amide bonds. The average molecular weight is 283 g/mol. The number of amides is 1. The van der Waals surface area contributed by atoms with Crippen molar-refractivity contribution >= 4 is 11.9 Å². The number of rotatable bonds is 5. The number of likely N-dealkylation sites (tertiary alicyclic amines) is 1. The lowest BCUT2D eigenvalue weighted by Gasteiger charge is -2.38. The molecule has 1 saturated heterocycles. The van der Waals surface area contributed by atoms with Crippen LogP contribution in [0.4, 0.5) is 0 Å². The molecule has 0 unspecified atom stereocenters. The number of hydrogen-bond acceptors (Lipinski definition) is 3. The van der Waals surface area contributed by atoms with Gasteiger partial charge in [-0.05, 0) is 51.4 Å². The van der Waals surface area contributed by atoms with Gasteiger partial charge < -0.3 is 14.7 Å². The van der Waals surface area contributed by atoms with Crippen LogP contribution >= 0.6 is 0 Å². The van der Waals surface area contributed by atoms with E-state index >= 15 is 0 Å². The van der Waals surface area contributed by atoms with Crippen LogP contribution in [0, 0.1) is 5.92 Å². The Labute approximate surface area is 120 Å². The van der Waals surface area contributed by atoms with Crippen molar-refractivity contribution in [1.29, 1.82) is 0 Å². The number of carbonyl (C=O) groups excluding carboxylic acids is 1. The van der Waals surface area contributed by atoms with Gasteiger partial charge in [-0.1, -0.05) is 0 Å². The second kappa shape index (κ2) is 6.57. The Morgan fingerprint density at radius 3 is 2.35 bits per heavy atom. The summed E-state index contributed by atoms with van der Waals surface area (Å²) in [4.78, 5) is 25.3. The Balaban J connectivity index is 1.92. The van der Waals surface area contributed by atoms with Crippen molar-refractivity contribution in [2.75, 3.05) is 19.7 Å². The van der Waals surface area contributed by atoms with Crippen molar-refractivity contribution in [2.24, 2.45) is 5.92 Å². The van der Waals surface area contributed by atoms with Gasteiger partial charge in [0, 0.05) is 26.1 Å². The molecule has 20 heavy (non-hydrogen) atoms. The normalized spacial score (nSPS) is 22.9. The molecular weight excluding hydrogens is 258 g/mol. The fourth-order valence-electron chi connectivity index (χ4n) is 3.52. The van der Waals surface area contributed by atoms with Crippen molar-refractivity contribution in [3.05, 3.63) is 0 Å². The monoisotopic (exact) mass is 283 g/mol. The van der Waals surface area contributed by atoms with Crippen LogP contribution in [-0.4, -0.2) is 47.2 Å². The third-order valence-electron chi connectivity index (χ3n) is 4.59. The zero-order valence-corrected chi connectivity index (χ0v) is 12.3. The Bertz CT molecular complexity index is 355. The summed E-state index contributed by atoms with van der Waals surface area (Å²) in [5, 5.41) is 8.82. The smallest absolute Gasteiger partial charge is 0.303 e. The van der Waals surface area contributed by atoms with E-state index in [0.29, 0.717) is 19.7 Å². The lowest BCUT2D eigenvalue weighted by molar-refractivity contribution is -0.159. The second-order valence-electron chi connectivity index (χ2n) is 5.97. The van der Waals surface area contributed by atoms with E-state index in [0.717, 1.165) is 38.5 Å². The van der Waals surface area contributed by atoms with Crippen molar-refractivity contribution in [2.45, 2.75) is 57.5 Å². The summed E-state index contributed by atoms with van der Waals surface area (Å²) in [6, 6.07) is 0. The molecule has 0 bridgehead atoms. The number of carboxylic acid groups (broad SMARTS) is 1. The van der Waals surface area contributed by atoms with Crippen LogP contribution in [0.5, 0.6) is 0 Å². The first-order valence-corrected chi connectivity index (χ1v) is 7.72. The maximum absolute atomic E-state index is 12.7. The summed E-state index contributed by atoms with van der Waals surface area (Å²) < 4.78 is 5.81. The van der Waals surface area contributed by atoms with Gasteiger partial charge in [0.2, 0.25) is 0 Å². The number of carbonyl (C=O) groups is 2. The number of carboxylic acids is 1. The fourth-order valence-corrected chi connectivity index (χ4v) is 3.52. The molecule has 2 aliphatic rings. The lowest BCUT2D eigenvalue weighted by Crippen LogP contribution is -2.51. The molecule has 0 radical (unpaired) electrons. The average Bonchev–Trinajstić information content (AvgIpc) is 2.88. The molecular formula is C15H25NO4. The summed E-state index contributed by atoms with van der Waals surface area (Å²) >= 11 is 0. The second-order valence-corrected chi connectivity index (χ2v) is 5.97. The van der Waals surface area contributed by atoms with E-state index in [4.69, 9.17) is 9.84 Å². The molecule has 1 aliphatic carbocycles. The number of ether oxygens (including phenoxy) is 1. The minimum Gasteiger partial charge on any atom is -0.481 e. The first-order chi connectivity index (χ1) is 9.57. The largest absolute Gasteiger partial charge is 0.481 e. The Hall–Kier alpha value is -1.10. The van der Waals surface area contributed by atoms with E-state index < -0.39 is 11.6 Å². The van der Waals surface area contributed by atoms with Gasteiger partial charge in [-0.25, -0.2) is 0 Å².